The fraction of sp³-hybridized carbons (Fsp3) is 0.286. The molecule has 0 saturated heterocycles. The third-order valence-corrected chi connectivity index (χ3v) is 2.58. The second-order valence-electron chi connectivity index (χ2n) is 4.02. The normalized spacial score (nSPS) is 12.1. The summed E-state index contributed by atoms with van der Waals surface area (Å²) in [4.78, 5) is 22.4. The highest BCUT2D eigenvalue weighted by molar-refractivity contribution is 5.94. The van der Waals surface area contributed by atoms with Crippen molar-refractivity contribution in [1.29, 1.82) is 0 Å². The Bertz CT molecular complexity index is 481. The standard InChI is InChI=1S/C14H17NO5/c1-20-11-5-2-10(3-6-11)4-7-13(17)15-12(8-9-16)14(18)19/h2-7,12,16H,8-9H2,1H3,(H,15,17)(H,18,19)/b7-4+/t12-/m1/s1. The number of nitrogens with one attached hydrogen (secondary N) is 1. The van der Waals surface area contributed by atoms with Gasteiger partial charge < -0.3 is 20.3 Å². The highest BCUT2D eigenvalue weighted by Gasteiger charge is 2.17. The number of aliphatic hydroxyl groups is 1. The van der Waals surface area contributed by atoms with Gasteiger partial charge in [0.25, 0.3) is 0 Å². The number of carbonyl (C=O) groups is 2. The summed E-state index contributed by atoms with van der Waals surface area (Å²) in [6.45, 7) is -0.306. The van der Waals surface area contributed by atoms with Crippen LogP contribution in [-0.2, 0) is 9.59 Å². The van der Waals surface area contributed by atoms with E-state index < -0.39 is 17.9 Å². The van der Waals surface area contributed by atoms with Gasteiger partial charge in [-0.25, -0.2) is 4.79 Å². The highest BCUT2D eigenvalue weighted by atomic mass is 16.5. The van der Waals surface area contributed by atoms with Crippen LogP contribution in [0.5, 0.6) is 5.75 Å². The predicted molar refractivity (Wildman–Crippen MR) is 73.3 cm³/mol. The molecule has 6 heteroatoms. The molecule has 0 fully saturated rings. The first-order valence-corrected chi connectivity index (χ1v) is 6.03. The highest BCUT2D eigenvalue weighted by Crippen LogP contribution is 2.12. The van der Waals surface area contributed by atoms with Gasteiger partial charge in [-0.3, -0.25) is 4.79 Å². The maximum absolute atomic E-state index is 11.6. The summed E-state index contributed by atoms with van der Waals surface area (Å²) >= 11 is 0. The number of carbonyl (C=O) groups excluding carboxylic acids is 1. The van der Waals surface area contributed by atoms with E-state index in [2.05, 4.69) is 5.32 Å². The van der Waals surface area contributed by atoms with Crippen molar-refractivity contribution >= 4 is 18.0 Å². The minimum absolute atomic E-state index is 0.0303. The van der Waals surface area contributed by atoms with Crippen LogP contribution >= 0.6 is 0 Å². The lowest BCUT2D eigenvalue weighted by atomic mass is 10.2. The number of rotatable bonds is 7. The van der Waals surface area contributed by atoms with Gasteiger partial charge in [-0.05, 0) is 23.8 Å². The van der Waals surface area contributed by atoms with Crippen LogP contribution in [0.2, 0.25) is 0 Å². The molecule has 1 amide bonds. The van der Waals surface area contributed by atoms with Crippen LogP contribution in [0.25, 0.3) is 6.08 Å². The lowest BCUT2D eigenvalue weighted by molar-refractivity contribution is -0.141. The fourth-order valence-corrected chi connectivity index (χ4v) is 1.49. The Labute approximate surface area is 116 Å². The number of hydrogen-bond donors (Lipinski definition) is 3. The first-order valence-electron chi connectivity index (χ1n) is 6.03. The summed E-state index contributed by atoms with van der Waals surface area (Å²) in [5.74, 6) is -0.993. The van der Waals surface area contributed by atoms with Gasteiger partial charge in [0.05, 0.1) is 7.11 Å². The Kier molecular flexibility index (Phi) is 6.25. The van der Waals surface area contributed by atoms with E-state index >= 15 is 0 Å². The minimum atomic E-state index is -1.18. The molecule has 0 spiro atoms. The zero-order chi connectivity index (χ0) is 15.0. The van der Waals surface area contributed by atoms with Crippen molar-refractivity contribution in [3.8, 4) is 5.75 Å². The first kappa shape index (κ1) is 15.7. The minimum Gasteiger partial charge on any atom is -0.497 e. The van der Waals surface area contributed by atoms with E-state index in [9.17, 15) is 9.59 Å². The first-order chi connectivity index (χ1) is 9.56. The summed E-state index contributed by atoms with van der Waals surface area (Å²) in [6.07, 6.45) is 2.78. The van der Waals surface area contributed by atoms with Gasteiger partial charge in [-0.15, -0.1) is 0 Å². The molecule has 6 nitrogen and oxygen atoms in total. The van der Waals surface area contributed by atoms with Crippen molar-refractivity contribution in [2.45, 2.75) is 12.5 Å². The lowest BCUT2D eigenvalue weighted by Gasteiger charge is -2.11. The monoisotopic (exact) mass is 279 g/mol. The molecule has 20 heavy (non-hydrogen) atoms. The molecular weight excluding hydrogens is 262 g/mol. The fourth-order valence-electron chi connectivity index (χ4n) is 1.49. The van der Waals surface area contributed by atoms with Crippen LogP contribution in [-0.4, -0.2) is 41.8 Å². The third-order valence-electron chi connectivity index (χ3n) is 2.58. The average molecular weight is 279 g/mol. The Balaban J connectivity index is 2.59. The Morgan fingerprint density at radius 3 is 2.50 bits per heavy atom. The molecule has 0 aliphatic rings. The number of benzene rings is 1. The van der Waals surface area contributed by atoms with Gasteiger partial charge in [0.1, 0.15) is 11.8 Å². The van der Waals surface area contributed by atoms with E-state index in [4.69, 9.17) is 14.9 Å². The molecule has 0 unspecified atom stereocenters. The zero-order valence-electron chi connectivity index (χ0n) is 11.1. The molecular formula is C14H17NO5. The van der Waals surface area contributed by atoms with Crippen LogP contribution in [0.15, 0.2) is 30.3 Å². The lowest BCUT2D eigenvalue weighted by Crippen LogP contribution is -2.40. The Morgan fingerprint density at radius 1 is 1.35 bits per heavy atom. The zero-order valence-corrected chi connectivity index (χ0v) is 11.1. The molecule has 1 aromatic carbocycles. The second kappa shape index (κ2) is 7.96. The number of ether oxygens (including phenoxy) is 1. The van der Waals surface area contributed by atoms with E-state index in [0.29, 0.717) is 5.75 Å². The molecule has 0 saturated carbocycles. The van der Waals surface area contributed by atoms with Gasteiger partial charge in [-0.2, -0.15) is 0 Å². The van der Waals surface area contributed by atoms with E-state index in [-0.39, 0.29) is 13.0 Å². The maximum atomic E-state index is 11.6. The summed E-state index contributed by atoms with van der Waals surface area (Å²) in [6, 6.07) is 5.95. The Hall–Kier alpha value is -2.34. The van der Waals surface area contributed by atoms with Crippen molar-refractivity contribution < 1.29 is 24.5 Å². The molecule has 0 heterocycles. The summed E-state index contributed by atoms with van der Waals surface area (Å²) in [7, 11) is 1.56. The number of methoxy groups -OCH3 is 1. The smallest absolute Gasteiger partial charge is 0.326 e. The molecule has 108 valence electrons. The quantitative estimate of drug-likeness (QED) is 0.637. The van der Waals surface area contributed by atoms with Gasteiger partial charge in [0.2, 0.25) is 5.91 Å². The average Bonchev–Trinajstić information content (AvgIpc) is 2.45. The van der Waals surface area contributed by atoms with Crippen molar-refractivity contribution in [3.05, 3.63) is 35.9 Å². The maximum Gasteiger partial charge on any atom is 0.326 e. The van der Waals surface area contributed by atoms with Gasteiger partial charge >= 0.3 is 5.97 Å². The molecule has 0 aliphatic carbocycles. The van der Waals surface area contributed by atoms with Gasteiger partial charge in [-0.1, -0.05) is 12.1 Å². The molecule has 1 rings (SSSR count). The molecule has 0 bridgehead atoms. The van der Waals surface area contributed by atoms with Crippen LogP contribution in [0.4, 0.5) is 0 Å². The van der Waals surface area contributed by atoms with E-state index in [1.165, 1.54) is 6.08 Å². The van der Waals surface area contributed by atoms with E-state index in [0.717, 1.165) is 5.56 Å². The molecule has 3 N–H and O–H groups in total. The SMILES string of the molecule is COc1ccc(/C=C/C(=O)N[C@H](CCO)C(=O)O)cc1. The van der Waals surface area contributed by atoms with Gasteiger partial charge in [0.15, 0.2) is 0 Å². The third kappa shape index (κ3) is 5.11. The molecule has 1 aromatic rings. The van der Waals surface area contributed by atoms with E-state index in [1.807, 2.05) is 0 Å². The number of amides is 1. The van der Waals surface area contributed by atoms with Gasteiger partial charge in [0, 0.05) is 19.1 Å². The summed E-state index contributed by atoms with van der Waals surface area (Å²) < 4.78 is 5.01. The van der Waals surface area contributed by atoms with Crippen molar-refractivity contribution in [1.82, 2.24) is 5.32 Å². The largest absolute Gasteiger partial charge is 0.497 e. The number of aliphatic hydroxyl groups excluding tert-OH is 1. The Morgan fingerprint density at radius 2 is 2.00 bits per heavy atom. The molecule has 0 aromatic heterocycles. The predicted octanol–water partition coefficient (Wildman–Crippen LogP) is 0.660. The van der Waals surface area contributed by atoms with Crippen LogP contribution in [0, 0.1) is 0 Å². The number of carboxylic acid groups (broad SMARTS) is 1. The molecule has 1 atom stereocenters. The van der Waals surface area contributed by atoms with Crippen molar-refractivity contribution in [3.63, 3.8) is 0 Å². The summed E-state index contributed by atoms with van der Waals surface area (Å²) in [5, 5.41) is 19.8. The molecule has 0 aliphatic heterocycles. The van der Waals surface area contributed by atoms with Crippen molar-refractivity contribution in [2.24, 2.45) is 0 Å². The van der Waals surface area contributed by atoms with Crippen LogP contribution < -0.4 is 10.1 Å². The number of carboxylic acids is 1. The summed E-state index contributed by atoms with van der Waals surface area (Å²) in [5.41, 5.74) is 0.787. The van der Waals surface area contributed by atoms with E-state index in [1.54, 1.807) is 37.5 Å². The van der Waals surface area contributed by atoms with Crippen LogP contribution in [0.3, 0.4) is 0 Å². The van der Waals surface area contributed by atoms with Crippen LogP contribution in [0.1, 0.15) is 12.0 Å². The van der Waals surface area contributed by atoms with Crippen molar-refractivity contribution in [2.75, 3.05) is 13.7 Å². The number of aliphatic carboxylic acids is 1. The number of hydrogen-bond acceptors (Lipinski definition) is 4. The molecule has 0 radical (unpaired) electrons. The second-order valence-corrected chi connectivity index (χ2v) is 4.02. The topological polar surface area (TPSA) is 95.9 Å².